The molecule has 1 aromatic heterocycles. The van der Waals surface area contributed by atoms with E-state index < -0.39 is 5.97 Å². The van der Waals surface area contributed by atoms with E-state index in [1.165, 1.54) is 0 Å². The first-order valence-corrected chi connectivity index (χ1v) is 5.43. The molecule has 0 spiro atoms. The molecule has 1 heterocycles. The predicted molar refractivity (Wildman–Crippen MR) is 68.4 cm³/mol. The monoisotopic (exact) mass is 237 g/mol. The first-order valence-electron chi connectivity index (χ1n) is 5.43. The van der Waals surface area contributed by atoms with Crippen molar-refractivity contribution in [2.24, 2.45) is 0 Å². The number of carbonyl (C=O) groups is 1. The summed E-state index contributed by atoms with van der Waals surface area (Å²) >= 11 is 0. The predicted octanol–water partition coefficient (Wildman–Crippen LogP) is 2.49. The lowest BCUT2D eigenvalue weighted by molar-refractivity contribution is 0.0696. The van der Waals surface area contributed by atoms with E-state index in [4.69, 9.17) is 5.11 Å². The van der Waals surface area contributed by atoms with Gasteiger partial charge in [-0.1, -0.05) is 11.8 Å². The molecule has 0 fully saturated rings. The summed E-state index contributed by atoms with van der Waals surface area (Å²) in [6, 6.07) is 8.72. The van der Waals surface area contributed by atoms with Crippen molar-refractivity contribution >= 4 is 5.97 Å². The summed E-state index contributed by atoms with van der Waals surface area (Å²) in [5.41, 5.74) is 2.70. The third-order valence-corrected chi connectivity index (χ3v) is 2.49. The molecule has 0 aliphatic heterocycles. The second-order valence-corrected chi connectivity index (χ2v) is 3.82. The minimum atomic E-state index is -0.916. The van der Waals surface area contributed by atoms with E-state index in [0.717, 1.165) is 11.1 Å². The van der Waals surface area contributed by atoms with Gasteiger partial charge >= 0.3 is 5.97 Å². The van der Waals surface area contributed by atoms with E-state index in [9.17, 15) is 4.79 Å². The quantitative estimate of drug-likeness (QED) is 0.775. The van der Waals surface area contributed by atoms with E-state index in [2.05, 4.69) is 16.8 Å². The van der Waals surface area contributed by atoms with E-state index in [-0.39, 0.29) is 0 Å². The number of hydrogen-bond acceptors (Lipinski definition) is 2. The number of carboxylic acid groups (broad SMARTS) is 1. The SMILES string of the molecule is Cc1cc(C#Cc2ccncc2)ccc1C(=O)O. The zero-order chi connectivity index (χ0) is 13.0. The van der Waals surface area contributed by atoms with Crippen molar-refractivity contribution in [3.63, 3.8) is 0 Å². The standard InChI is InChI=1S/C15H11NO2/c1-11-10-13(4-5-14(11)15(17)18)3-2-12-6-8-16-9-7-12/h4-10H,1H3,(H,17,18). The number of hydrogen-bond donors (Lipinski definition) is 1. The smallest absolute Gasteiger partial charge is 0.335 e. The van der Waals surface area contributed by atoms with Crippen molar-refractivity contribution in [1.29, 1.82) is 0 Å². The van der Waals surface area contributed by atoms with E-state index >= 15 is 0 Å². The normalized spacial score (nSPS) is 9.39. The second kappa shape index (κ2) is 5.15. The lowest BCUT2D eigenvalue weighted by atomic mass is 10.1. The van der Waals surface area contributed by atoms with Crippen LogP contribution in [0.2, 0.25) is 0 Å². The summed E-state index contributed by atoms with van der Waals surface area (Å²) < 4.78 is 0. The number of nitrogens with zero attached hydrogens (tertiary/aromatic N) is 1. The molecule has 2 aromatic rings. The Bertz CT molecular complexity index is 637. The van der Waals surface area contributed by atoms with Crippen LogP contribution >= 0.6 is 0 Å². The molecule has 3 heteroatoms. The molecule has 3 nitrogen and oxygen atoms in total. The molecule has 0 amide bonds. The van der Waals surface area contributed by atoms with Gasteiger partial charge in [0.2, 0.25) is 0 Å². The molecule has 0 atom stereocenters. The molecule has 0 saturated heterocycles. The fraction of sp³-hybridized carbons (Fsp3) is 0.0667. The van der Waals surface area contributed by atoms with Crippen molar-refractivity contribution in [3.8, 4) is 11.8 Å². The Morgan fingerprint density at radius 3 is 2.39 bits per heavy atom. The molecule has 1 aromatic carbocycles. The minimum Gasteiger partial charge on any atom is -0.478 e. The van der Waals surface area contributed by atoms with Crippen molar-refractivity contribution < 1.29 is 9.90 Å². The van der Waals surface area contributed by atoms with Crippen molar-refractivity contribution in [3.05, 3.63) is 65.0 Å². The summed E-state index contributed by atoms with van der Waals surface area (Å²) in [6.45, 7) is 1.76. The largest absolute Gasteiger partial charge is 0.478 e. The molecule has 0 radical (unpaired) electrons. The molecule has 2 rings (SSSR count). The maximum Gasteiger partial charge on any atom is 0.335 e. The van der Waals surface area contributed by atoms with Crippen LogP contribution in [0.1, 0.15) is 27.0 Å². The highest BCUT2D eigenvalue weighted by Crippen LogP contribution is 2.10. The van der Waals surface area contributed by atoms with Gasteiger partial charge in [-0.3, -0.25) is 4.98 Å². The summed E-state index contributed by atoms with van der Waals surface area (Å²) in [7, 11) is 0. The topological polar surface area (TPSA) is 50.2 Å². The Balaban J connectivity index is 2.29. The number of rotatable bonds is 1. The molecule has 1 N–H and O–H groups in total. The van der Waals surface area contributed by atoms with Crippen LogP contribution in [0.3, 0.4) is 0 Å². The maximum absolute atomic E-state index is 10.9. The summed E-state index contributed by atoms with van der Waals surface area (Å²) in [5.74, 6) is 5.08. The lowest BCUT2D eigenvalue weighted by Gasteiger charge is -2.00. The molecular weight excluding hydrogens is 226 g/mol. The number of pyridine rings is 1. The van der Waals surface area contributed by atoms with Gasteiger partial charge in [-0.15, -0.1) is 0 Å². The minimum absolute atomic E-state index is 0.310. The van der Waals surface area contributed by atoms with Gasteiger partial charge in [-0.25, -0.2) is 4.79 Å². The third kappa shape index (κ3) is 2.74. The van der Waals surface area contributed by atoms with Crippen LogP contribution < -0.4 is 0 Å². The van der Waals surface area contributed by atoms with E-state index in [1.54, 1.807) is 37.5 Å². The van der Waals surface area contributed by atoms with Gasteiger partial charge < -0.3 is 5.11 Å². The van der Waals surface area contributed by atoms with Crippen LogP contribution in [-0.2, 0) is 0 Å². The molecule has 0 aliphatic carbocycles. The van der Waals surface area contributed by atoms with Gasteiger partial charge in [0.25, 0.3) is 0 Å². The van der Waals surface area contributed by atoms with Crippen molar-refractivity contribution in [2.75, 3.05) is 0 Å². The van der Waals surface area contributed by atoms with Gasteiger partial charge in [-0.05, 0) is 42.8 Å². The van der Waals surface area contributed by atoms with Crippen LogP contribution in [0.25, 0.3) is 0 Å². The highest BCUT2D eigenvalue weighted by atomic mass is 16.4. The highest BCUT2D eigenvalue weighted by molar-refractivity contribution is 5.89. The number of aryl methyl sites for hydroxylation is 1. The Hall–Kier alpha value is -2.60. The Morgan fingerprint density at radius 1 is 1.11 bits per heavy atom. The van der Waals surface area contributed by atoms with Gasteiger partial charge in [-0.2, -0.15) is 0 Å². The van der Waals surface area contributed by atoms with Crippen LogP contribution in [-0.4, -0.2) is 16.1 Å². The van der Waals surface area contributed by atoms with Crippen LogP contribution in [0, 0.1) is 18.8 Å². The summed E-state index contributed by atoms with van der Waals surface area (Å²) in [4.78, 5) is 14.8. The fourth-order valence-corrected chi connectivity index (χ4v) is 1.56. The molecule has 18 heavy (non-hydrogen) atoms. The summed E-state index contributed by atoms with van der Waals surface area (Å²) in [6.07, 6.45) is 3.37. The van der Waals surface area contributed by atoms with Gasteiger partial charge in [0.05, 0.1) is 5.56 Å². The van der Waals surface area contributed by atoms with E-state index in [1.807, 2.05) is 12.1 Å². The average molecular weight is 237 g/mol. The number of carboxylic acids is 1. The van der Waals surface area contributed by atoms with Crippen LogP contribution in [0.15, 0.2) is 42.7 Å². The Morgan fingerprint density at radius 2 is 1.78 bits per heavy atom. The number of benzene rings is 1. The van der Waals surface area contributed by atoms with Crippen molar-refractivity contribution in [1.82, 2.24) is 4.98 Å². The molecule has 0 bridgehead atoms. The highest BCUT2D eigenvalue weighted by Gasteiger charge is 2.05. The van der Waals surface area contributed by atoms with Crippen molar-refractivity contribution in [2.45, 2.75) is 6.92 Å². The second-order valence-electron chi connectivity index (χ2n) is 3.82. The molecular formula is C15H11NO2. The van der Waals surface area contributed by atoms with Crippen LogP contribution in [0.4, 0.5) is 0 Å². The fourth-order valence-electron chi connectivity index (χ4n) is 1.56. The molecule has 0 aliphatic rings. The zero-order valence-corrected chi connectivity index (χ0v) is 9.84. The Labute approximate surface area is 105 Å². The maximum atomic E-state index is 10.9. The molecule has 0 saturated carbocycles. The first kappa shape index (κ1) is 11.9. The average Bonchev–Trinajstić information content (AvgIpc) is 2.37. The zero-order valence-electron chi connectivity index (χ0n) is 9.84. The lowest BCUT2D eigenvalue weighted by Crippen LogP contribution is -1.99. The number of aromatic nitrogens is 1. The number of aromatic carboxylic acids is 1. The van der Waals surface area contributed by atoms with Gasteiger partial charge in [0.1, 0.15) is 0 Å². The Kier molecular flexibility index (Phi) is 3.40. The summed E-state index contributed by atoms with van der Waals surface area (Å²) in [5, 5.41) is 8.92. The first-order chi connectivity index (χ1) is 8.66. The van der Waals surface area contributed by atoms with Gasteiger partial charge in [0.15, 0.2) is 0 Å². The van der Waals surface area contributed by atoms with E-state index in [0.29, 0.717) is 11.1 Å². The molecule has 88 valence electrons. The van der Waals surface area contributed by atoms with Crippen LogP contribution in [0.5, 0.6) is 0 Å². The third-order valence-electron chi connectivity index (χ3n) is 2.49. The van der Waals surface area contributed by atoms with Gasteiger partial charge in [0, 0.05) is 23.5 Å². The molecule has 0 unspecified atom stereocenters.